The summed E-state index contributed by atoms with van der Waals surface area (Å²) < 4.78 is 5.52. The molecule has 1 aliphatic carbocycles. The first-order valence-corrected chi connectivity index (χ1v) is 11.2. The van der Waals surface area contributed by atoms with Gasteiger partial charge in [0, 0.05) is 30.5 Å². The first-order chi connectivity index (χ1) is 15.1. The van der Waals surface area contributed by atoms with E-state index in [2.05, 4.69) is 22.5 Å². The van der Waals surface area contributed by atoms with Gasteiger partial charge in [0.05, 0.1) is 12.2 Å². The van der Waals surface area contributed by atoms with E-state index >= 15 is 0 Å². The van der Waals surface area contributed by atoms with E-state index in [4.69, 9.17) is 4.74 Å². The monoisotopic (exact) mass is 421 g/mol. The molecule has 164 valence electrons. The lowest BCUT2D eigenvalue weighted by molar-refractivity contribution is -0.121. The van der Waals surface area contributed by atoms with Crippen LogP contribution in [0.5, 0.6) is 0 Å². The standard InChI is InChI=1S/C25H31N3O3/c1-18-11-13-28(14-12-18)23-10-9-21(15-22(23)25(30)27-20-7-8-20)26-24(29)17-31-16-19-5-3-2-4-6-19/h2-6,9-10,15,18,20H,7-8,11-14,16-17H2,1H3,(H,26,29)(H,27,30). The quantitative estimate of drug-likeness (QED) is 0.677. The van der Waals surface area contributed by atoms with Gasteiger partial charge in [-0.3, -0.25) is 9.59 Å². The van der Waals surface area contributed by atoms with Crippen molar-refractivity contribution >= 4 is 23.2 Å². The fourth-order valence-corrected chi connectivity index (χ4v) is 3.84. The minimum Gasteiger partial charge on any atom is -0.371 e. The highest BCUT2D eigenvalue weighted by atomic mass is 16.5. The lowest BCUT2D eigenvalue weighted by Gasteiger charge is -2.33. The molecule has 2 aliphatic rings. The van der Waals surface area contributed by atoms with E-state index in [1.165, 1.54) is 0 Å². The summed E-state index contributed by atoms with van der Waals surface area (Å²) in [6.07, 6.45) is 4.33. The third-order valence-electron chi connectivity index (χ3n) is 5.91. The highest BCUT2D eigenvalue weighted by Crippen LogP contribution is 2.30. The first kappa shape index (κ1) is 21.4. The van der Waals surface area contributed by atoms with Gasteiger partial charge in [-0.15, -0.1) is 0 Å². The Morgan fingerprint density at radius 3 is 2.48 bits per heavy atom. The number of ether oxygens (including phenoxy) is 1. The second kappa shape index (κ2) is 9.96. The third kappa shape index (κ3) is 6.07. The van der Waals surface area contributed by atoms with Gasteiger partial charge in [0.15, 0.2) is 0 Å². The molecule has 6 nitrogen and oxygen atoms in total. The van der Waals surface area contributed by atoms with Crippen LogP contribution in [0.15, 0.2) is 48.5 Å². The zero-order chi connectivity index (χ0) is 21.6. The molecule has 1 heterocycles. The van der Waals surface area contributed by atoms with Gasteiger partial charge in [-0.2, -0.15) is 0 Å². The maximum Gasteiger partial charge on any atom is 0.253 e. The molecule has 0 atom stereocenters. The second-order valence-electron chi connectivity index (χ2n) is 8.68. The molecule has 6 heteroatoms. The summed E-state index contributed by atoms with van der Waals surface area (Å²) in [4.78, 5) is 27.5. The lowest BCUT2D eigenvalue weighted by atomic mass is 9.97. The molecule has 0 radical (unpaired) electrons. The summed E-state index contributed by atoms with van der Waals surface area (Å²) in [5.41, 5.74) is 3.21. The van der Waals surface area contributed by atoms with Crippen LogP contribution in [0.4, 0.5) is 11.4 Å². The molecular weight excluding hydrogens is 390 g/mol. The fraction of sp³-hybridized carbons (Fsp3) is 0.440. The van der Waals surface area contributed by atoms with Gasteiger partial charge in [0.25, 0.3) is 5.91 Å². The van der Waals surface area contributed by atoms with Crippen molar-refractivity contribution in [1.82, 2.24) is 5.32 Å². The number of hydrogen-bond donors (Lipinski definition) is 2. The number of anilines is 2. The molecule has 1 saturated heterocycles. The molecule has 31 heavy (non-hydrogen) atoms. The van der Waals surface area contributed by atoms with Gasteiger partial charge >= 0.3 is 0 Å². The first-order valence-electron chi connectivity index (χ1n) is 11.2. The minimum atomic E-state index is -0.232. The minimum absolute atomic E-state index is 0.0374. The second-order valence-corrected chi connectivity index (χ2v) is 8.68. The highest BCUT2D eigenvalue weighted by molar-refractivity contribution is 6.02. The van der Waals surface area contributed by atoms with Crippen molar-refractivity contribution in [2.75, 3.05) is 29.9 Å². The maximum atomic E-state index is 12.9. The van der Waals surface area contributed by atoms with Crippen LogP contribution in [0.3, 0.4) is 0 Å². The highest BCUT2D eigenvalue weighted by Gasteiger charge is 2.27. The number of carbonyl (C=O) groups is 2. The fourth-order valence-electron chi connectivity index (χ4n) is 3.84. The Bertz CT molecular complexity index is 903. The van der Waals surface area contributed by atoms with E-state index in [-0.39, 0.29) is 24.5 Å². The molecule has 2 amide bonds. The van der Waals surface area contributed by atoms with Gasteiger partial charge in [-0.05, 0) is 55.4 Å². The van der Waals surface area contributed by atoms with E-state index < -0.39 is 0 Å². The van der Waals surface area contributed by atoms with Crippen LogP contribution in [0.25, 0.3) is 0 Å². The zero-order valence-corrected chi connectivity index (χ0v) is 18.1. The third-order valence-corrected chi connectivity index (χ3v) is 5.91. The van der Waals surface area contributed by atoms with E-state index in [1.54, 1.807) is 6.07 Å². The number of carbonyl (C=O) groups excluding carboxylic acids is 2. The van der Waals surface area contributed by atoms with Crippen molar-refractivity contribution in [1.29, 1.82) is 0 Å². The van der Waals surface area contributed by atoms with Crippen molar-refractivity contribution in [3.63, 3.8) is 0 Å². The summed E-state index contributed by atoms with van der Waals surface area (Å²) in [5, 5.41) is 5.96. The largest absolute Gasteiger partial charge is 0.371 e. The van der Waals surface area contributed by atoms with Gasteiger partial charge in [0.1, 0.15) is 6.61 Å². The van der Waals surface area contributed by atoms with Crippen molar-refractivity contribution in [2.24, 2.45) is 5.92 Å². The predicted molar refractivity (Wildman–Crippen MR) is 122 cm³/mol. The molecule has 0 bridgehead atoms. The van der Waals surface area contributed by atoms with Crippen LogP contribution < -0.4 is 15.5 Å². The normalized spacial score (nSPS) is 16.7. The van der Waals surface area contributed by atoms with Crippen molar-refractivity contribution < 1.29 is 14.3 Å². The smallest absolute Gasteiger partial charge is 0.253 e. The van der Waals surface area contributed by atoms with Crippen LogP contribution in [-0.2, 0) is 16.1 Å². The van der Waals surface area contributed by atoms with E-state index in [9.17, 15) is 9.59 Å². The van der Waals surface area contributed by atoms with Gasteiger partial charge < -0.3 is 20.3 Å². The van der Waals surface area contributed by atoms with Crippen molar-refractivity contribution in [3.8, 4) is 0 Å². The van der Waals surface area contributed by atoms with Gasteiger partial charge in [-0.1, -0.05) is 37.3 Å². The average Bonchev–Trinajstić information content (AvgIpc) is 3.59. The zero-order valence-electron chi connectivity index (χ0n) is 18.1. The van der Waals surface area contributed by atoms with Crippen LogP contribution in [0, 0.1) is 5.92 Å². The van der Waals surface area contributed by atoms with Crippen molar-refractivity contribution in [2.45, 2.75) is 45.3 Å². The molecule has 2 aromatic carbocycles. The maximum absolute atomic E-state index is 12.9. The number of nitrogens with zero attached hydrogens (tertiary/aromatic N) is 1. The lowest BCUT2D eigenvalue weighted by Crippen LogP contribution is -2.35. The molecule has 2 aromatic rings. The number of amides is 2. The SMILES string of the molecule is CC1CCN(c2ccc(NC(=O)COCc3ccccc3)cc2C(=O)NC2CC2)CC1. The van der Waals surface area contributed by atoms with E-state index in [1.807, 2.05) is 42.5 Å². The molecular formula is C25H31N3O3. The Morgan fingerprint density at radius 2 is 1.77 bits per heavy atom. The van der Waals surface area contributed by atoms with Crippen molar-refractivity contribution in [3.05, 3.63) is 59.7 Å². The molecule has 0 spiro atoms. The average molecular weight is 422 g/mol. The molecule has 2 N–H and O–H groups in total. The number of rotatable bonds is 8. The Labute approximate surface area is 184 Å². The Morgan fingerprint density at radius 1 is 1.03 bits per heavy atom. The van der Waals surface area contributed by atoms with E-state index in [0.717, 1.165) is 55.9 Å². The van der Waals surface area contributed by atoms with Crippen LogP contribution >= 0.6 is 0 Å². The molecule has 4 rings (SSSR count). The molecule has 2 fully saturated rings. The summed E-state index contributed by atoms with van der Waals surface area (Å²) in [7, 11) is 0. The summed E-state index contributed by atoms with van der Waals surface area (Å²) in [6.45, 7) is 4.52. The van der Waals surface area contributed by atoms with Crippen LogP contribution in [0.1, 0.15) is 48.5 Å². The summed E-state index contributed by atoms with van der Waals surface area (Å²) in [5.74, 6) is 0.422. The number of piperidine rings is 1. The Kier molecular flexibility index (Phi) is 6.87. The number of benzene rings is 2. The number of hydrogen-bond acceptors (Lipinski definition) is 4. The molecule has 1 saturated carbocycles. The molecule has 0 unspecified atom stereocenters. The number of nitrogens with one attached hydrogen (secondary N) is 2. The van der Waals surface area contributed by atoms with Gasteiger partial charge in [-0.25, -0.2) is 0 Å². The van der Waals surface area contributed by atoms with Crippen LogP contribution in [0.2, 0.25) is 0 Å². The topological polar surface area (TPSA) is 70.7 Å². The predicted octanol–water partition coefficient (Wildman–Crippen LogP) is 3.97. The van der Waals surface area contributed by atoms with Gasteiger partial charge in [0.2, 0.25) is 5.91 Å². The van der Waals surface area contributed by atoms with E-state index in [0.29, 0.717) is 17.9 Å². The van der Waals surface area contributed by atoms with Crippen LogP contribution in [-0.4, -0.2) is 37.6 Å². The Balaban J connectivity index is 1.41. The molecule has 1 aliphatic heterocycles. The summed E-state index contributed by atoms with van der Waals surface area (Å²) >= 11 is 0. The Hall–Kier alpha value is -2.86. The molecule has 0 aromatic heterocycles. The summed E-state index contributed by atoms with van der Waals surface area (Å²) in [6, 6.07) is 15.7.